The van der Waals surface area contributed by atoms with E-state index in [1.54, 1.807) is 12.1 Å². The van der Waals surface area contributed by atoms with Crippen LogP contribution in [-0.2, 0) is 15.5 Å². The molecule has 1 rings (SSSR count). The van der Waals surface area contributed by atoms with Crippen LogP contribution in [-0.4, -0.2) is 12.0 Å². The average Bonchev–Trinajstić information content (AvgIpc) is 2.44. The number of rotatable bonds is 10. The highest BCUT2D eigenvalue weighted by Gasteiger charge is 2.19. The van der Waals surface area contributed by atoms with Gasteiger partial charge in [0.15, 0.2) is 0 Å². The number of phosphoric acid groups is 1. The minimum atomic E-state index is -3.95. The molecule has 0 bridgehead atoms. The fraction of sp³-hybridized carbons (Fsp3) is 0.600. The Morgan fingerprint density at radius 1 is 1.05 bits per heavy atom. The van der Waals surface area contributed by atoms with E-state index >= 15 is 0 Å². The molecule has 114 valence electrons. The van der Waals surface area contributed by atoms with Gasteiger partial charge in [-0.25, -0.2) is 4.57 Å². The third kappa shape index (κ3) is 7.09. The van der Waals surface area contributed by atoms with Crippen molar-refractivity contribution in [1.29, 1.82) is 0 Å². The van der Waals surface area contributed by atoms with E-state index in [9.17, 15) is 9.46 Å². The quantitative estimate of drug-likeness (QED) is 0.502. The van der Waals surface area contributed by atoms with Crippen molar-refractivity contribution < 1.29 is 18.5 Å². The van der Waals surface area contributed by atoms with Crippen LogP contribution in [0.5, 0.6) is 5.75 Å². The highest BCUT2D eigenvalue weighted by atomic mass is 31.2. The van der Waals surface area contributed by atoms with Crippen molar-refractivity contribution in [3.8, 4) is 5.75 Å². The Labute approximate surface area is 121 Å². The van der Waals surface area contributed by atoms with Crippen molar-refractivity contribution in [2.45, 2.75) is 51.9 Å². The number of aryl methyl sites for hydroxylation is 1. The molecule has 1 unspecified atom stereocenters. The minimum absolute atomic E-state index is 0.351. The molecule has 0 saturated heterocycles. The Hall–Kier alpha value is -0.830. The molecule has 0 amide bonds. The first-order valence-electron chi connectivity index (χ1n) is 7.24. The SMILES string of the molecule is CCCCCCCCc1ccc(OP(=O)(O)OC)cc1. The Bertz CT molecular complexity index is 416. The zero-order valence-electron chi connectivity index (χ0n) is 12.4. The summed E-state index contributed by atoms with van der Waals surface area (Å²) in [5.41, 5.74) is 1.22. The molecule has 0 aliphatic heterocycles. The average molecular weight is 300 g/mol. The van der Waals surface area contributed by atoms with Gasteiger partial charge < -0.3 is 4.52 Å². The van der Waals surface area contributed by atoms with Gasteiger partial charge in [0.1, 0.15) is 5.75 Å². The van der Waals surface area contributed by atoms with Gasteiger partial charge in [-0.3, -0.25) is 9.42 Å². The summed E-state index contributed by atoms with van der Waals surface area (Å²) >= 11 is 0. The molecule has 1 aromatic rings. The number of hydrogen-bond acceptors (Lipinski definition) is 3. The van der Waals surface area contributed by atoms with Gasteiger partial charge >= 0.3 is 7.82 Å². The summed E-state index contributed by atoms with van der Waals surface area (Å²) in [5.74, 6) is 0.351. The largest absolute Gasteiger partial charge is 0.527 e. The van der Waals surface area contributed by atoms with Gasteiger partial charge in [-0.15, -0.1) is 0 Å². The maximum atomic E-state index is 11.2. The van der Waals surface area contributed by atoms with Crippen molar-refractivity contribution in [2.24, 2.45) is 0 Å². The number of phosphoric ester groups is 1. The summed E-state index contributed by atoms with van der Waals surface area (Å²) in [4.78, 5) is 9.20. The second kappa shape index (κ2) is 9.17. The zero-order valence-corrected chi connectivity index (χ0v) is 13.3. The summed E-state index contributed by atoms with van der Waals surface area (Å²) in [6.07, 6.45) is 8.70. The first-order valence-corrected chi connectivity index (χ1v) is 8.74. The van der Waals surface area contributed by atoms with E-state index in [4.69, 9.17) is 4.52 Å². The highest BCUT2D eigenvalue weighted by molar-refractivity contribution is 7.47. The monoisotopic (exact) mass is 300 g/mol. The third-order valence-electron chi connectivity index (χ3n) is 3.19. The van der Waals surface area contributed by atoms with Gasteiger partial charge in [-0.2, -0.15) is 0 Å². The molecule has 0 spiro atoms. The van der Waals surface area contributed by atoms with Gasteiger partial charge in [-0.05, 0) is 30.5 Å². The second-order valence-corrected chi connectivity index (χ2v) is 6.39. The fourth-order valence-electron chi connectivity index (χ4n) is 2.00. The highest BCUT2D eigenvalue weighted by Crippen LogP contribution is 2.42. The standard InChI is InChI=1S/C15H25O4P/c1-3-4-5-6-7-8-9-14-10-12-15(13-11-14)19-20(16,17)18-2/h10-13H,3-9H2,1-2H3,(H,16,17). The molecule has 20 heavy (non-hydrogen) atoms. The second-order valence-electron chi connectivity index (χ2n) is 4.90. The van der Waals surface area contributed by atoms with Crippen molar-refractivity contribution >= 4 is 7.82 Å². The van der Waals surface area contributed by atoms with Crippen LogP contribution in [0.2, 0.25) is 0 Å². The van der Waals surface area contributed by atoms with E-state index in [1.807, 2.05) is 12.1 Å². The lowest BCUT2D eigenvalue weighted by molar-refractivity contribution is 0.242. The molecule has 0 heterocycles. The van der Waals surface area contributed by atoms with E-state index in [-0.39, 0.29) is 0 Å². The predicted octanol–water partition coefficient (Wildman–Crippen LogP) is 4.72. The normalized spacial score (nSPS) is 13.9. The molecule has 5 heteroatoms. The predicted molar refractivity (Wildman–Crippen MR) is 81.0 cm³/mol. The van der Waals surface area contributed by atoms with Crippen molar-refractivity contribution in [3.63, 3.8) is 0 Å². The molecular weight excluding hydrogens is 275 g/mol. The van der Waals surface area contributed by atoms with Crippen LogP contribution in [0.15, 0.2) is 24.3 Å². The van der Waals surface area contributed by atoms with Crippen molar-refractivity contribution in [3.05, 3.63) is 29.8 Å². The van der Waals surface area contributed by atoms with Crippen LogP contribution >= 0.6 is 7.82 Å². The summed E-state index contributed by atoms with van der Waals surface area (Å²) in [6, 6.07) is 7.26. The maximum Gasteiger partial charge on any atom is 0.527 e. The van der Waals surface area contributed by atoms with Crippen molar-refractivity contribution in [2.75, 3.05) is 7.11 Å². The van der Waals surface area contributed by atoms with Gasteiger partial charge in [0.2, 0.25) is 0 Å². The van der Waals surface area contributed by atoms with Crippen LogP contribution in [0.25, 0.3) is 0 Å². The Morgan fingerprint density at radius 2 is 1.65 bits per heavy atom. The molecule has 0 aliphatic carbocycles. The molecule has 1 aromatic carbocycles. The zero-order chi connectivity index (χ0) is 14.8. The third-order valence-corrected chi connectivity index (χ3v) is 4.10. The molecule has 0 saturated carbocycles. The summed E-state index contributed by atoms with van der Waals surface area (Å²) in [5, 5.41) is 0. The van der Waals surface area contributed by atoms with E-state index in [2.05, 4.69) is 11.4 Å². The first-order chi connectivity index (χ1) is 9.57. The smallest absolute Gasteiger partial charge is 0.404 e. The first kappa shape index (κ1) is 17.2. The van der Waals surface area contributed by atoms with Gasteiger partial charge in [0, 0.05) is 7.11 Å². The van der Waals surface area contributed by atoms with Gasteiger partial charge in [-0.1, -0.05) is 51.2 Å². The molecule has 0 fully saturated rings. The summed E-state index contributed by atoms with van der Waals surface area (Å²) in [7, 11) is -2.80. The summed E-state index contributed by atoms with van der Waals surface area (Å²) < 4.78 is 20.5. The number of hydrogen-bond donors (Lipinski definition) is 1. The lowest BCUT2D eigenvalue weighted by atomic mass is 10.1. The Balaban J connectivity index is 2.30. The molecule has 0 aliphatic rings. The molecule has 0 radical (unpaired) electrons. The Kier molecular flexibility index (Phi) is 7.90. The maximum absolute atomic E-state index is 11.2. The van der Waals surface area contributed by atoms with E-state index in [0.717, 1.165) is 13.5 Å². The van der Waals surface area contributed by atoms with Crippen molar-refractivity contribution in [1.82, 2.24) is 0 Å². The molecular formula is C15H25O4P. The van der Waals surface area contributed by atoms with E-state index < -0.39 is 7.82 Å². The van der Waals surface area contributed by atoms with E-state index in [1.165, 1.54) is 44.1 Å². The van der Waals surface area contributed by atoms with Crippen LogP contribution in [0, 0.1) is 0 Å². The minimum Gasteiger partial charge on any atom is -0.404 e. The van der Waals surface area contributed by atoms with Gasteiger partial charge in [0.25, 0.3) is 0 Å². The Morgan fingerprint density at radius 3 is 2.25 bits per heavy atom. The molecule has 4 nitrogen and oxygen atoms in total. The summed E-state index contributed by atoms with van der Waals surface area (Å²) in [6.45, 7) is 2.22. The fourth-order valence-corrected chi connectivity index (χ4v) is 2.46. The number of unbranched alkanes of at least 4 members (excludes halogenated alkanes) is 5. The van der Waals surface area contributed by atoms with Gasteiger partial charge in [0.05, 0.1) is 0 Å². The molecule has 0 aromatic heterocycles. The van der Waals surface area contributed by atoms with Crippen LogP contribution < -0.4 is 4.52 Å². The van der Waals surface area contributed by atoms with Crippen LogP contribution in [0.4, 0.5) is 0 Å². The lowest BCUT2D eigenvalue weighted by Crippen LogP contribution is -1.94. The van der Waals surface area contributed by atoms with E-state index in [0.29, 0.717) is 5.75 Å². The molecule has 1 N–H and O–H groups in total. The molecule has 1 atom stereocenters. The van der Waals surface area contributed by atoms with Crippen LogP contribution in [0.3, 0.4) is 0 Å². The number of benzene rings is 1. The topological polar surface area (TPSA) is 55.8 Å². The lowest BCUT2D eigenvalue weighted by Gasteiger charge is -2.10. The van der Waals surface area contributed by atoms with Crippen LogP contribution in [0.1, 0.15) is 51.0 Å².